The third kappa shape index (κ3) is 4.35. The summed E-state index contributed by atoms with van der Waals surface area (Å²) < 4.78 is 7.40. The number of hydrogen-bond donors (Lipinski definition) is 1. The topological polar surface area (TPSA) is 56.2 Å². The second-order valence-corrected chi connectivity index (χ2v) is 7.36. The molecule has 2 heterocycles. The van der Waals surface area contributed by atoms with Crippen molar-refractivity contribution in [1.29, 1.82) is 0 Å². The highest BCUT2D eigenvalue weighted by Gasteiger charge is 2.22. The average Bonchev–Trinajstić information content (AvgIpc) is 3.00. The molecule has 1 N–H and O–H groups in total. The third-order valence-electron chi connectivity index (χ3n) is 4.96. The summed E-state index contributed by atoms with van der Waals surface area (Å²) >= 11 is 6.52. The molecule has 148 valence electrons. The van der Waals surface area contributed by atoms with Gasteiger partial charge in [0.2, 0.25) is 5.91 Å². The normalized spacial score (nSPS) is 15.7. The number of aryl methyl sites for hydroxylation is 1. The first kappa shape index (κ1) is 19.3. The van der Waals surface area contributed by atoms with Crippen LogP contribution in [-0.2, 0) is 11.3 Å². The zero-order valence-corrected chi connectivity index (χ0v) is 16.9. The van der Waals surface area contributed by atoms with Crippen LogP contribution in [0.4, 0.5) is 0 Å². The zero-order valence-electron chi connectivity index (χ0n) is 16.1. The van der Waals surface area contributed by atoms with Crippen LogP contribution in [0.5, 0.6) is 5.75 Å². The van der Waals surface area contributed by atoms with E-state index in [1.54, 1.807) is 10.8 Å². The van der Waals surface area contributed by atoms with Gasteiger partial charge in [0.1, 0.15) is 10.9 Å². The number of ether oxygens (including phenoxy) is 1. The molecule has 3 aromatic rings. The van der Waals surface area contributed by atoms with Crippen LogP contribution in [0, 0.1) is 6.92 Å². The first-order chi connectivity index (χ1) is 14.1. The minimum atomic E-state index is -0.169. The quantitative estimate of drug-likeness (QED) is 0.631. The van der Waals surface area contributed by atoms with Gasteiger partial charge in [-0.15, -0.1) is 0 Å². The summed E-state index contributed by atoms with van der Waals surface area (Å²) in [6.07, 6.45) is 3.99. The molecule has 29 heavy (non-hydrogen) atoms. The standard InChI is InChI=1S/C23H22ClN3O2/c1-16-18(23(24)27(26-16)15-17-7-3-2-4-8-17)11-12-22(28)25-20-13-14-29-21-10-6-5-9-19(20)21/h2-12,20H,13-15H2,1H3,(H,25,28)/b12-11+/t20-/m0/s1. The lowest BCUT2D eigenvalue weighted by atomic mass is 10.0. The molecule has 0 radical (unpaired) electrons. The van der Waals surface area contributed by atoms with Crippen molar-refractivity contribution in [3.05, 3.63) is 88.2 Å². The Balaban J connectivity index is 1.46. The van der Waals surface area contributed by atoms with Crippen LogP contribution in [0.25, 0.3) is 6.08 Å². The van der Waals surface area contributed by atoms with Gasteiger partial charge >= 0.3 is 0 Å². The highest BCUT2D eigenvalue weighted by molar-refractivity contribution is 6.31. The van der Waals surface area contributed by atoms with Crippen molar-refractivity contribution in [3.8, 4) is 5.75 Å². The van der Waals surface area contributed by atoms with E-state index in [1.807, 2.05) is 61.5 Å². The molecule has 0 fully saturated rings. The lowest BCUT2D eigenvalue weighted by Crippen LogP contribution is -2.30. The fourth-order valence-corrected chi connectivity index (χ4v) is 3.79. The van der Waals surface area contributed by atoms with Crippen LogP contribution in [0.1, 0.15) is 34.8 Å². The molecule has 0 spiro atoms. The number of hydrogen-bond acceptors (Lipinski definition) is 3. The van der Waals surface area contributed by atoms with E-state index < -0.39 is 0 Å². The number of nitrogens with zero attached hydrogens (tertiary/aromatic N) is 2. The summed E-state index contributed by atoms with van der Waals surface area (Å²) in [5.41, 5.74) is 3.66. The maximum atomic E-state index is 12.5. The fraction of sp³-hybridized carbons (Fsp3) is 0.217. The van der Waals surface area contributed by atoms with Crippen LogP contribution < -0.4 is 10.1 Å². The molecule has 1 amide bonds. The van der Waals surface area contributed by atoms with Gasteiger partial charge in [0, 0.05) is 23.6 Å². The summed E-state index contributed by atoms with van der Waals surface area (Å²) in [5, 5.41) is 8.09. The van der Waals surface area contributed by atoms with Gasteiger partial charge in [-0.05, 0) is 24.6 Å². The molecule has 1 aliphatic heterocycles. The van der Waals surface area contributed by atoms with E-state index in [9.17, 15) is 4.79 Å². The predicted molar refractivity (Wildman–Crippen MR) is 114 cm³/mol. The molecule has 1 aromatic heterocycles. The van der Waals surface area contributed by atoms with Crippen LogP contribution in [-0.4, -0.2) is 22.3 Å². The molecule has 1 atom stereocenters. The Labute approximate surface area is 175 Å². The highest BCUT2D eigenvalue weighted by Crippen LogP contribution is 2.31. The molecule has 1 aliphatic rings. The van der Waals surface area contributed by atoms with Crippen LogP contribution in [0.15, 0.2) is 60.7 Å². The van der Waals surface area contributed by atoms with E-state index in [1.165, 1.54) is 6.08 Å². The maximum absolute atomic E-state index is 12.5. The van der Waals surface area contributed by atoms with Crippen LogP contribution >= 0.6 is 11.6 Å². The van der Waals surface area contributed by atoms with Gasteiger partial charge in [0.15, 0.2) is 0 Å². The van der Waals surface area contributed by atoms with Crippen molar-refractivity contribution >= 4 is 23.6 Å². The van der Waals surface area contributed by atoms with Crippen LogP contribution in [0.2, 0.25) is 5.15 Å². The Kier molecular flexibility index (Phi) is 5.67. The Morgan fingerprint density at radius 3 is 2.83 bits per heavy atom. The molecule has 0 saturated heterocycles. The number of fused-ring (bicyclic) bond motifs is 1. The summed E-state index contributed by atoms with van der Waals surface area (Å²) in [7, 11) is 0. The molecular formula is C23H22ClN3O2. The number of aromatic nitrogens is 2. The Morgan fingerprint density at radius 1 is 1.24 bits per heavy atom. The average molecular weight is 408 g/mol. The van der Waals surface area contributed by atoms with E-state index in [0.29, 0.717) is 18.3 Å². The number of para-hydroxylation sites is 1. The second-order valence-electron chi connectivity index (χ2n) is 7.00. The minimum absolute atomic E-state index is 0.0607. The number of carbonyl (C=O) groups excluding carboxylic acids is 1. The number of amides is 1. The van der Waals surface area contributed by atoms with E-state index in [0.717, 1.165) is 34.6 Å². The highest BCUT2D eigenvalue weighted by atomic mass is 35.5. The van der Waals surface area contributed by atoms with Crippen molar-refractivity contribution < 1.29 is 9.53 Å². The summed E-state index contributed by atoms with van der Waals surface area (Å²) in [6, 6.07) is 17.7. The van der Waals surface area contributed by atoms with Crippen molar-refractivity contribution in [2.24, 2.45) is 0 Å². The monoisotopic (exact) mass is 407 g/mol. The molecule has 5 nitrogen and oxygen atoms in total. The summed E-state index contributed by atoms with van der Waals surface area (Å²) in [5.74, 6) is 0.659. The second kappa shape index (κ2) is 8.53. The largest absolute Gasteiger partial charge is 0.493 e. The number of nitrogens with one attached hydrogen (secondary N) is 1. The van der Waals surface area contributed by atoms with Gasteiger partial charge < -0.3 is 10.1 Å². The molecule has 0 unspecified atom stereocenters. The van der Waals surface area contributed by atoms with E-state index >= 15 is 0 Å². The molecule has 6 heteroatoms. The summed E-state index contributed by atoms with van der Waals surface area (Å²) in [4.78, 5) is 12.5. The lowest BCUT2D eigenvalue weighted by molar-refractivity contribution is -0.117. The van der Waals surface area contributed by atoms with Crippen LogP contribution in [0.3, 0.4) is 0 Å². The SMILES string of the molecule is Cc1nn(Cc2ccccc2)c(Cl)c1/C=C/C(=O)N[C@H]1CCOc2ccccc21. The fourth-order valence-electron chi connectivity index (χ4n) is 3.49. The number of benzene rings is 2. The van der Waals surface area contributed by atoms with Gasteiger partial charge in [-0.25, -0.2) is 4.68 Å². The van der Waals surface area contributed by atoms with Crippen molar-refractivity contribution in [1.82, 2.24) is 15.1 Å². The van der Waals surface area contributed by atoms with Gasteiger partial charge in [-0.2, -0.15) is 5.10 Å². The molecule has 4 rings (SSSR count). The molecule has 0 saturated carbocycles. The minimum Gasteiger partial charge on any atom is -0.493 e. The summed E-state index contributed by atoms with van der Waals surface area (Å²) in [6.45, 7) is 3.06. The van der Waals surface area contributed by atoms with Crippen molar-refractivity contribution in [2.45, 2.75) is 25.9 Å². The smallest absolute Gasteiger partial charge is 0.244 e. The van der Waals surface area contributed by atoms with Gasteiger partial charge in [0.25, 0.3) is 0 Å². The Hall–Kier alpha value is -3.05. The Morgan fingerprint density at radius 2 is 2.00 bits per heavy atom. The predicted octanol–water partition coefficient (Wildman–Crippen LogP) is 4.55. The number of halogens is 1. The van der Waals surface area contributed by atoms with E-state index in [4.69, 9.17) is 16.3 Å². The van der Waals surface area contributed by atoms with E-state index in [-0.39, 0.29) is 11.9 Å². The van der Waals surface area contributed by atoms with Crippen molar-refractivity contribution in [2.75, 3.05) is 6.61 Å². The molecule has 0 bridgehead atoms. The maximum Gasteiger partial charge on any atom is 0.244 e. The number of carbonyl (C=O) groups is 1. The number of rotatable bonds is 5. The lowest BCUT2D eigenvalue weighted by Gasteiger charge is -2.26. The van der Waals surface area contributed by atoms with Gasteiger partial charge in [-0.1, -0.05) is 60.1 Å². The van der Waals surface area contributed by atoms with E-state index in [2.05, 4.69) is 10.4 Å². The van der Waals surface area contributed by atoms with Gasteiger partial charge in [0.05, 0.1) is 24.9 Å². The zero-order chi connectivity index (χ0) is 20.2. The Bertz CT molecular complexity index is 1040. The first-order valence-corrected chi connectivity index (χ1v) is 9.97. The molecule has 2 aromatic carbocycles. The van der Waals surface area contributed by atoms with Gasteiger partial charge in [-0.3, -0.25) is 4.79 Å². The van der Waals surface area contributed by atoms with Crippen molar-refractivity contribution in [3.63, 3.8) is 0 Å². The molecular weight excluding hydrogens is 386 g/mol. The first-order valence-electron chi connectivity index (χ1n) is 9.59. The third-order valence-corrected chi connectivity index (χ3v) is 5.36. The molecule has 0 aliphatic carbocycles.